The molecule has 1 N–H and O–H groups in total. The number of halogens is 1. The average Bonchev–Trinajstić information content (AvgIpc) is 3.22. The molecule has 3 rings (SSSR count). The van der Waals surface area contributed by atoms with Crippen LogP contribution in [0.15, 0.2) is 58.9 Å². The smallest absolute Gasteiger partial charge is 0.289 e. The lowest BCUT2D eigenvalue weighted by Crippen LogP contribution is -2.47. The maximum Gasteiger partial charge on any atom is 0.289 e. The van der Waals surface area contributed by atoms with E-state index in [2.05, 4.69) is 5.32 Å². The minimum atomic E-state index is -0.492. The Morgan fingerprint density at radius 2 is 1.85 bits per heavy atom. The lowest BCUT2D eigenvalue weighted by atomic mass is 10.2. The van der Waals surface area contributed by atoms with Crippen LogP contribution in [0.5, 0.6) is 0 Å². The number of nitriles is 1. The standard InChI is InChI=1S/C19H17ClN4O3/c20-15-3-5-16(6-4-15)22-18(25)14(12-21)13-23-7-9-24(10-8-23)19(26)17-2-1-11-27-17/h1-6,11,13H,7-10H2,(H,22,25)/b14-13-. The second kappa shape index (κ2) is 8.43. The lowest BCUT2D eigenvalue weighted by Gasteiger charge is -2.33. The van der Waals surface area contributed by atoms with E-state index >= 15 is 0 Å². The highest BCUT2D eigenvalue weighted by atomic mass is 35.5. The van der Waals surface area contributed by atoms with E-state index in [9.17, 15) is 14.9 Å². The van der Waals surface area contributed by atoms with Crippen LogP contribution in [0.4, 0.5) is 5.69 Å². The number of amides is 2. The molecule has 0 unspecified atom stereocenters. The maximum atomic E-state index is 12.3. The molecule has 138 valence electrons. The molecular formula is C19H17ClN4O3. The van der Waals surface area contributed by atoms with Crippen molar-refractivity contribution in [2.75, 3.05) is 31.5 Å². The van der Waals surface area contributed by atoms with Gasteiger partial charge in [0.25, 0.3) is 11.8 Å². The number of carbonyl (C=O) groups excluding carboxylic acids is 2. The van der Waals surface area contributed by atoms with Gasteiger partial charge in [0.15, 0.2) is 5.76 Å². The van der Waals surface area contributed by atoms with Crippen LogP contribution in [0.25, 0.3) is 0 Å². The molecule has 2 aromatic rings. The number of hydrogen-bond acceptors (Lipinski definition) is 5. The van der Waals surface area contributed by atoms with Gasteiger partial charge in [-0.2, -0.15) is 5.26 Å². The number of rotatable bonds is 4. The number of furan rings is 1. The van der Waals surface area contributed by atoms with Crippen LogP contribution in [0.2, 0.25) is 5.02 Å². The number of anilines is 1. The Kier molecular flexibility index (Phi) is 5.79. The summed E-state index contributed by atoms with van der Waals surface area (Å²) in [7, 11) is 0. The van der Waals surface area contributed by atoms with Crippen LogP contribution in [0.3, 0.4) is 0 Å². The first-order chi connectivity index (χ1) is 13.1. The lowest BCUT2D eigenvalue weighted by molar-refractivity contribution is -0.112. The molecule has 0 spiro atoms. The van der Waals surface area contributed by atoms with E-state index in [0.29, 0.717) is 42.6 Å². The molecule has 0 bridgehead atoms. The SMILES string of the molecule is N#C/C(=C/N1CCN(C(=O)c2ccco2)CC1)C(=O)Nc1ccc(Cl)cc1. The third kappa shape index (κ3) is 4.68. The molecule has 0 radical (unpaired) electrons. The zero-order valence-electron chi connectivity index (χ0n) is 14.4. The monoisotopic (exact) mass is 384 g/mol. The molecule has 1 fully saturated rings. The Morgan fingerprint density at radius 1 is 1.15 bits per heavy atom. The second-order valence-electron chi connectivity index (χ2n) is 5.92. The molecule has 1 aliphatic rings. The molecule has 8 heteroatoms. The third-order valence-electron chi connectivity index (χ3n) is 4.11. The molecule has 7 nitrogen and oxygen atoms in total. The minimum absolute atomic E-state index is 0.00392. The predicted molar refractivity (Wildman–Crippen MR) is 100.0 cm³/mol. The first kappa shape index (κ1) is 18.5. The predicted octanol–water partition coefficient (Wildman–Crippen LogP) is 2.74. The fourth-order valence-corrected chi connectivity index (χ4v) is 2.79. The van der Waals surface area contributed by atoms with Gasteiger partial charge in [0, 0.05) is 43.1 Å². The van der Waals surface area contributed by atoms with E-state index in [1.54, 1.807) is 41.3 Å². The molecule has 2 heterocycles. The van der Waals surface area contributed by atoms with Crippen LogP contribution in [-0.2, 0) is 4.79 Å². The quantitative estimate of drug-likeness (QED) is 0.646. The van der Waals surface area contributed by atoms with Crippen molar-refractivity contribution in [3.63, 3.8) is 0 Å². The maximum absolute atomic E-state index is 12.3. The third-order valence-corrected chi connectivity index (χ3v) is 4.36. The molecule has 27 heavy (non-hydrogen) atoms. The van der Waals surface area contributed by atoms with Gasteiger partial charge in [-0.3, -0.25) is 9.59 Å². The van der Waals surface area contributed by atoms with Crippen molar-refractivity contribution in [2.24, 2.45) is 0 Å². The van der Waals surface area contributed by atoms with Crippen molar-refractivity contribution in [3.05, 3.63) is 65.2 Å². The summed E-state index contributed by atoms with van der Waals surface area (Å²) in [4.78, 5) is 28.1. The summed E-state index contributed by atoms with van der Waals surface area (Å²) in [5.74, 6) is -0.349. The van der Waals surface area contributed by atoms with Crippen molar-refractivity contribution in [1.29, 1.82) is 5.26 Å². The zero-order chi connectivity index (χ0) is 19.2. The van der Waals surface area contributed by atoms with Gasteiger partial charge in [0.1, 0.15) is 11.6 Å². The van der Waals surface area contributed by atoms with Gasteiger partial charge in [-0.1, -0.05) is 11.6 Å². The van der Waals surface area contributed by atoms with Crippen molar-refractivity contribution in [2.45, 2.75) is 0 Å². The summed E-state index contributed by atoms with van der Waals surface area (Å²) in [5, 5.41) is 12.5. The van der Waals surface area contributed by atoms with Gasteiger partial charge in [0.2, 0.25) is 0 Å². The molecule has 1 aliphatic heterocycles. The highest BCUT2D eigenvalue weighted by Crippen LogP contribution is 2.15. The number of piperazine rings is 1. The van der Waals surface area contributed by atoms with Crippen molar-refractivity contribution in [3.8, 4) is 6.07 Å². The Balaban J connectivity index is 1.58. The Bertz CT molecular complexity index is 877. The molecule has 1 aromatic carbocycles. The number of nitrogens with one attached hydrogen (secondary N) is 1. The van der Waals surface area contributed by atoms with Crippen molar-refractivity contribution >= 4 is 29.1 Å². The molecule has 1 saturated heterocycles. The van der Waals surface area contributed by atoms with Crippen LogP contribution >= 0.6 is 11.6 Å². The number of nitrogens with zero attached hydrogens (tertiary/aromatic N) is 3. The first-order valence-electron chi connectivity index (χ1n) is 8.32. The highest BCUT2D eigenvalue weighted by molar-refractivity contribution is 6.30. The number of carbonyl (C=O) groups is 2. The van der Waals surface area contributed by atoms with Crippen LogP contribution < -0.4 is 5.32 Å². The summed E-state index contributed by atoms with van der Waals surface area (Å²) in [6.45, 7) is 2.00. The summed E-state index contributed by atoms with van der Waals surface area (Å²) < 4.78 is 5.13. The second-order valence-corrected chi connectivity index (χ2v) is 6.36. The van der Waals surface area contributed by atoms with E-state index in [-0.39, 0.29) is 11.5 Å². The first-order valence-corrected chi connectivity index (χ1v) is 8.70. The Labute approximate surface area is 161 Å². The van der Waals surface area contributed by atoms with Gasteiger partial charge in [0.05, 0.1) is 6.26 Å². The van der Waals surface area contributed by atoms with Crippen LogP contribution in [0.1, 0.15) is 10.6 Å². The zero-order valence-corrected chi connectivity index (χ0v) is 15.1. The van der Waals surface area contributed by atoms with E-state index in [1.807, 2.05) is 11.0 Å². The Morgan fingerprint density at radius 3 is 2.44 bits per heavy atom. The molecule has 0 saturated carbocycles. The van der Waals surface area contributed by atoms with E-state index in [0.717, 1.165) is 0 Å². The summed E-state index contributed by atoms with van der Waals surface area (Å²) in [5.41, 5.74) is 0.551. The topological polar surface area (TPSA) is 89.6 Å². The molecular weight excluding hydrogens is 368 g/mol. The van der Waals surface area contributed by atoms with Gasteiger partial charge in [-0.15, -0.1) is 0 Å². The van der Waals surface area contributed by atoms with Crippen LogP contribution in [-0.4, -0.2) is 47.8 Å². The normalized spacial score (nSPS) is 14.6. The van der Waals surface area contributed by atoms with Crippen molar-refractivity contribution in [1.82, 2.24) is 9.80 Å². The van der Waals surface area contributed by atoms with E-state index < -0.39 is 5.91 Å². The van der Waals surface area contributed by atoms with Gasteiger partial charge < -0.3 is 19.5 Å². The van der Waals surface area contributed by atoms with Gasteiger partial charge in [-0.25, -0.2) is 0 Å². The van der Waals surface area contributed by atoms with E-state index in [4.69, 9.17) is 16.0 Å². The van der Waals surface area contributed by atoms with Crippen LogP contribution in [0, 0.1) is 11.3 Å². The fraction of sp³-hybridized carbons (Fsp3) is 0.211. The minimum Gasteiger partial charge on any atom is -0.459 e. The summed E-state index contributed by atoms with van der Waals surface area (Å²) in [6.07, 6.45) is 2.99. The molecule has 1 aromatic heterocycles. The van der Waals surface area contributed by atoms with Gasteiger partial charge >= 0.3 is 0 Å². The fourth-order valence-electron chi connectivity index (χ4n) is 2.66. The highest BCUT2D eigenvalue weighted by Gasteiger charge is 2.23. The molecule has 2 amide bonds. The summed E-state index contributed by atoms with van der Waals surface area (Å²) in [6, 6.07) is 11.9. The van der Waals surface area contributed by atoms with E-state index in [1.165, 1.54) is 12.5 Å². The summed E-state index contributed by atoms with van der Waals surface area (Å²) >= 11 is 5.82. The number of benzene rings is 1. The van der Waals surface area contributed by atoms with Gasteiger partial charge in [-0.05, 0) is 36.4 Å². The molecule has 0 atom stereocenters. The molecule has 0 aliphatic carbocycles. The van der Waals surface area contributed by atoms with Crippen molar-refractivity contribution < 1.29 is 14.0 Å². The largest absolute Gasteiger partial charge is 0.459 e. The number of hydrogen-bond donors (Lipinski definition) is 1. The Hall–Kier alpha value is -3.24. The average molecular weight is 385 g/mol.